The third-order valence-corrected chi connectivity index (χ3v) is 3.88. The first-order valence-electron chi connectivity index (χ1n) is 6.88. The molecule has 0 saturated carbocycles. The first-order valence-corrected chi connectivity index (χ1v) is 7.76. The number of nitrogens with zero attached hydrogens (tertiary/aromatic N) is 3. The van der Waals surface area contributed by atoms with Gasteiger partial charge in [-0.2, -0.15) is 0 Å². The van der Waals surface area contributed by atoms with E-state index in [1.807, 2.05) is 48.2 Å². The van der Waals surface area contributed by atoms with Crippen LogP contribution in [-0.4, -0.2) is 20.4 Å². The van der Waals surface area contributed by atoms with Gasteiger partial charge in [0, 0.05) is 35.9 Å². The minimum Gasteiger partial charge on any atom is -0.485 e. The van der Waals surface area contributed by atoms with Gasteiger partial charge in [-0.3, -0.25) is 9.38 Å². The Hall–Kier alpha value is -1.92. The molecule has 0 aliphatic carbocycles. The van der Waals surface area contributed by atoms with E-state index < -0.39 is 0 Å². The molecule has 0 aliphatic heterocycles. The van der Waals surface area contributed by atoms with Gasteiger partial charge in [-0.05, 0) is 26.0 Å². The van der Waals surface area contributed by atoms with Crippen molar-refractivity contribution in [2.24, 2.45) is 5.73 Å². The zero-order valence-electron chi connectivity index (χ0n) is 12.1. The fraction of sp³-hybridized carbons (Fsp3) is 0.333. The third-order valence-electron chi connectivity index (χ3n) is 3.11. The Morgan fingerprint density at radius 1 is 1.38 bits per heavy atom. The van der Waals surface area contributed by atoms with Crippen molar-refractivity contribution in [3.63, 3.8) is 0 Å². The van der Waals surface area contributed by atoms with Gasteiger partial charge in [-0.25, -0.2) is 4.98 Å². The predicted molar refractivity (Wildman–Crippen MR) is 83.7 cm³/mol. The van der Waals surface area contributed by atoms with Gasteiger partial charge in [0.15, 0.2) is 4.96 Å². The molecule has 0 bridgehead atoms. The molecule has 21 heavy (non-hydrogen) atoms. The van der Waals surface area contributed by atoms with E-state index in [9.17, 15) is 0 Å². The molecule has 1 unspecified atom stereocenters. The minimum absolute atomic E-state index is 0.0552. The lowest BCUT2D eigenvalue weighted by Crippen LogP contribution is -2.19. The molecule has 110 valence electrons. The summed E-state index contributed by atoms with van der Waals surface area (Å²) in [5.41, 5.74) is 8.67. The molecular weight excluding hydrogens is 284 g/mol. The summed E-state index contributed by atoms with van der Waals surface area (Å²) in [4.78, 5) is 10.0. The summed E-state index contributed by atoms with van der Waals surface area (Å²) < 4.78 is 7.89. The van der Waals surface area contributed by atoms with E-state index in [2.05, 4.69) is 9.97 Å². The van der Waals surface area contributed by atoms with Gasteiger partial charge in [0.2, 0.25) is 0 Å². The number of thiazole rings is 1. The lowest BCUT2D eigenvalue weighted by molar-refractivity contribution is 0.296. The zero-order chi connectivity index (χ0) is 14.8. The molecule has 3 rings (SSSR count). The average molecular weight is 302 g/mol. The summed E-state index contributed by atoms with van der Waals surface area (Å²) in [5.74, 6) is 0.786. The largest absolute Gasteiger partial charge is 0.485 e. The standard InChI is InChI=1S/C15H18N4OS/c1-10(16)7-13-14(4-3-11(2)17-13)20-9-12-8-19-5-6-21-15(19)18-12/h3-6,8,10H,7,9,16H2,1-2H3. The van der Waals surface area contributed by atoms with Crippen LogP contribution in [0.25, 0.3) is 4.96 Å². The molecule has 0 spiro atoms. The van der Waals surface area contributed by atoms with Crippen molar-refractivity contribution in [2.75, 3.05) is 0 Å². The SMILES string of the molecule is Cc1ccc(OCc2cn3ccsc3n2)c(CC(C)N)n1. The second-order valence-corrected chi connectivity index (χ2v) is 6.07. The highest BCUT2D eigenvalue weighted by molar-refractivity contribution is 7.15. The number of aromatic nitrogens is 3. The number of pyridine rings is 1. The van der Waals surface area contributed by atoms with Crippen LogP contribution < -0.4 is 10.5 Å². The van der Waals surface area contributed by atoms with Crippen LogP contribution in [0, 0.1) is 6.92 Å². The Balaban J connectivity index is 1.76. The lowest BCUT2D eigenvalue weighted by atomic mass is 10.1. The van der Waals surface area contributed by atoms with E-state index in [0.717, 1.165) is 27.8 Å². The molecule has 0 fully saturated rings. The molecule has 5 nitrogen and oxygen atoms in total. The Bertz CT molecular complexity index is 719. The number of aryl methyl sites for hydroxylation is 1. The Morgan fingerprint density at radius 2 is 2.24 bits per heavy atom. The third kappa shape index (κ3) is 3.22. The van der Waals surface area contributed by atoms with Crippen molar-refractivity contribution in [3.05, 3.63) is 47.0 Å². The molecule has 3 heterocycles. The molecule has 0 radical (unpaired) electrons. The summed E-state index contributed by atoms with van der Waals surface area (Å²) in [6, 6.07) is 3.96. The number of hydrogen-bond donors (Lipinski definition) is 1. The quantitative estimate of drug-likeness (QED) is 0.786. The highest BCUT2D eigenvalue weighted by Crippen LogP contribution is 2.20. The molecule has 1 atom stereocenters. The zero-order valence-corrected chi connectivity index (χ0v) is 12.9. The number of fused-ring (bicyclic) bond motifs is 1. The maximum Gasteiger partial charge on any atom is 0.193 e. The highest BCUT2D eigenvalue weighted by Gasteiger charge is 2.10. The first-order chi connectivity index (χ1) is 10.1. The smallest absolute Gasteiger partial charge is 0.193 e. The first kappa shape index (κ1) is 14.0. The van der Waals surface area contributed by atoms with E-state index in [1.165, 1.54) is 0 Å². The topological polar surface area (TPSA) is 65.4 Å². The fourth-order valence-electron chi connectivity index (χ4n) is 2.18. The van der Waals surface area contributed by atoms with Crippen LogP contribution in [0.1, 0.15) is 24.0 Å². The lowest BCUT2D eigenvalue weighted by Gasteiger charge is -2.12. The monoisotopic (exact) mass is 302 g/mol. The van der Waals surface area contributed by atoms with E-state index in [4.69, 9.17) is 10.5 Å². The summed E-state index contributed by atoms with van der Waals surface area (Å²) in [6.45, 7) is 4.38. The van der Waals surface area contributed by atoms with Crippen LogP contribution in [0.3, 0.4) is 0 Å². The van der Waals surface area contributed by atoms with E-state index in [0.29, 0.717) is 13.0 Å². The molecule has 6 heteroatoms. The van der Waals surface area contributed by atoms with Crippen LogP contribution in [0.15, 0.2) is 29.9 Å². The van der Waals surface area contributed by atoms with Crippen molar-refractivity contribution in [3.8, 4) is 5.75 Å². The second kappa shape index (κ2) is 5.83. The number of nitrogens with two attached hydrogens (primary N) is 1. The number of rotatable bonds is 5. The van der Waals surface area contributed by atoms with E-state index in [1.54, 1.807) is 11.3 Å². The fourth-order valence-corrected chi connectivity index (χ4v) is 2.90. The predicted octanol–water partition coefficient (Wildman–Crippen LogP) is 2.57. The Morgan fingerprint density at radius 3 is 3.00 bits per heavy atom. The van der Waals surface area contributed by atoms with Gasteiger partial charge in [-0.1, -0.05) is 0 Å². The molecule has 0 aromatic carbocycles. The van der Waals surface area contributed by atoms with Gasteiger partial charge in [-0.15, -0.1) is 11.3 Å². The van der Waals surface area contributed by atoms with Gasteiger partial charge < -0.3 is 10.5 Å². The summed E-state index contributed by atoms with van der Waals surface area (Å²) in [5, 5.41) is 2.01. The van der Waals surface area contributed by atoms with Crippen molar-refractivity contribution in [1.29, 1.82) is 0 Å². The molecular formula is C15H18N4OS. The van der Waals surface area contributed by atoms with Crippen LogP contribution in [-0.2, 0) is 13.0 Å². The molecule has 0 amide bonds. The normalized spacial score (nSPS) is 12.7. The van der Waals surface area contributed by atoms with E-state index in [-0.39, 0.29) is 6.04 Å². The summed E-state index contributed by atoms with van der Waals surface area (Å²) >= 11 is 1.61. The number of hydrogen-bond acceptors (Lipinski definition) is 5. The number of imidazole rings is 1. The molecule has 2 N–H and O–H groups in total. The minimum atomic E-state index is 0.0552. The van der Waals surface area contributed by atoms with Gasteiger partial charge in [0.25, 0.3) is 0 Å². The Labute approximate surface area is 127 Å². The van der Waals surface area contributed by atoms with Crippen molar-refractivity contribution < 1.29 is 4.74 Å². The average Bonchev–Trinajstić information content (AvgIpc) is 2.97. The van der Waals surface area contributed by atoms with Crippen LogP contribution in [0.5, 0.6) is 5.75 Å². The van der Waals surface area contributed by atoms with Crippen LogP contribution in [0.4, 0.5) is 0 Å². The van der Waals surface area contributed by atoms with Gasteiger partial charge in [0.1, 0.15) is 12.4 Å². The molecule has 3 aromatic heterocycles. The van der Waals surface area contributed by atoms with Crippen molar-refractivity contribution in [2.45, 2.75) is 32.9 Å². The summed E-state index contributed by atoms with van der Waals surface area (Å²) in [7, 11) is 0. The van der Waals surface area contributed by atoms with Gasteiger partial charge in [0.05, 0.1) is 11.4 Å². The van der Waals surface area contributed by atoms with Gasteiger partial charge >= 0.3 is 0 Å². The highest BCUT2D eigenvalue weighted by atomic mass is 32.1. The molecule has 0 saturated heterocycles. The van der Waals surface area contributed by atoms with Crippen molar-refractivity contribution in [1.82, 2.24) is 14.4 Å². The van der Waals surface area contributed by atoms with Crippen molar-refractivity contribution >= 4 is 16.3 Å². The summed E-state index contributed by atoms with van der Waals surface area (Å²) in [6.07, 6.45) is 4.68. The maximum absolute atomic E-state index is 5.89. The number of ether oxygens (including phenoxy) is 1. The second-order valence-electron chi connectivity index (χ2n) is 5.19. The van der Waals surface area contributed by atoms with Crippen LogP contribution in [0.2, 0.25) is 0 Å². The maximum atomic E-state index is 5.89. The molecule has 3 aromatic rings. The van der Waals surface area contributed by atoms with Crippen LogP contribution >= 0.6 is 11.3 Å². The Kier molecular flexibility index (Phi) is 3.90. The molecule has 0 aliphatic rings. The van der Waals surface area contributed by atoms with E-state index >= 15 is 0 Å².